The first-order chi connectivity index (χ1) is 15.4. The number of phenolic OH excluding ortho intramolecular Hbond substituents is 1. The summed E-state index contributed by atoms with van der Waals surface area (Å²) in [5, 5.41) is 17.6. The molecule has 4 rings (SSSR count). The number of rotatable bonds is 6. The van der Waals surface area contributed by atoms with Crippen LogP contribution in [0.15, 0.2) is 72.9 Å². The van der Waals surface area contributed by atoms with E-state index in [4.69, 9.17) is 4.74 Å². The molecule has 1 N–H and O–H groups in total. The average molecular weight is 433 g/mol. The molecule has 0 bridgehead atoms. The standard InChI is InChI=1S/C24H17F2N3O3/c1-32-24-9-15(6-8-23(24)31)5-7-22(30)16-3-2-4-20(12-16)29-14-21(27-28-29)17-10-18(25)13-19(26)11-17/h2-14,31H,1H3/b7-5+. The number of methoxy groups -OCH3 is 1. The topological polar surface area (TPSA) is 77.2 Å². The number of hydrogen-bond donors (Lipinski definition) is 1. The van der Waals surface area contributed by atoms with E-state index in [0.717, 1.165) is 6.07 Å². The van der Waals surface area contributed by atoms with Crippen LogP contribution in [0.25, 0.3) is 23.0 Å². The first-order valence-electron chi connectivity index (χ1n) is 9.51. The van der Waals surface area contributed by atoms with Gasteiger partial charge in [-0.15, -0.1) is 5.10 Å². The van der Waals surface area contributed by atoms with Crippen molar-refractivity contribution in [2.75, 3.05) is 7.11 Å². The molecule has 0 spiro atoms. The zero-order valence-corrected chi connectivity index (χ0v) is 16.9. The summed E-state index contributed by atoms with van der Waals surface area (Å²) in [5.41, 5.74) is 2.21. The van der Waals surface area contributed by atoms with Crippen LogP contribution in [0.1, 0.15) is 15.9 Å². The van der Waals surface area contributed by atoms with Gasteiger partial charge in [0.25, 0.3) is 0 Å². The minimum absolute atomic E-state index is 0.0110. The van der Waals surface area contributed by atoms with E-state index >= 15 is 0 Å². The van der Waals surface area contributed by atoms with E-state index in [1.54, 1.807) is 42.5 Å². The Bertz CT molecular complexity index is 1310. The number of aromatic hydroxyl groups is 1. The van der Waals surface area contributed by atoms with Gasteiger partial charge in [0.05, 0.1) is 19.0 Å². The summed E-state index contributed by atoms with van der Waals surface area (Å²) in [6, 6.07) is 14.6. The zero-order chi connectivity index (χ0) is 22.7. The van der Waals surface area contributed by atoms with Crippen LogP contribution >= 0.6 is 0 Å². The number of hydrogen-bond acceptors (Lipinski definition) is 5. The molecule has 0 saturated carbocycles. The molecule has 3 aromatic carbocycles. The molecule has 1 aromatic heterocycles. The molecule has 32 heavy (non-hydrogen) atoms. The minimum Gasteiger partial charge on any atom is -0.504 e. The first-order valence-corrected chi connectivity index (χ1v) is 9.51. The van der Waals surface area contributed by atoms with Crippen LogP contribution in [-0.2, 0) is 0 Å². The molecule has 0 amide bonds. The Morgan fingerprint density at radius 1 is 1.06 bits per heavy atom. The lowest BCUT2D eigenvalue weighted by atomic mass is 10.1. The maximum absolute atomic E-state index is 13.5. The summed E-state index contributed by atoms with van der Waals surface area (Å²) < 4.78 is 33.5. The van der Waals surface area contributed by atoms with Gasteiger partial charge < -0.3 is 9.84 Å². The first kappa shape index (κ1) is 20.9. The molecule has 0 aliphatic carbocycles. The molecule has 0 atom stereocenters. The van der Waals surface area contributed by atoms with Crippen LogP contribution in [-0.4, -0.2) is 33.0 Å². The molecule has 4 aromatic rings. The summed E-state index contributed by atoms with van der Waals surface area (Å²) in [7, 11) is 1.44. The second-order valence-electron chi connectivity index (χ2n) is 6.89. The molecule has 1 heterocycles. The molecule has 0 fully saturated rings. The molecule has 0 aliphatic heterocycles. The van der Waals surface area contributed by atoms with Crippen LogP contribution in [0.2, 0.25) is 0 Å². The molecule has 6 nitrogen and oxygen atoms in total. The third-order valence-electron chi connectivity index (χ3n) is 4.68. The SMILES string of the molecule is COc1cc(/C=C/C(=O)c2cccc(-n3cc(-c4cc(F)cc(F)c4)nn3)c2)ccc1O. The molecule has 0 saturated heterocycles. The van der Waals surface area contributed by atoms with Crippen molar-refractivity contribution in [2.24, 2.45) is 0 Å². The predicted molar refractivity (Wildman–Crippen MR) is 115 cm³/mol. The van der Waals surface area contributed by atoms with Gasteiger partial charge in [-0.2, -0.15) is 0 Å². The quantitative estimate of drug-likeness (QED) is 0.348. The van der Waals surface area contributed by atoms with E-state index in [0.29, 0.717) is 28.3 Å². The summed E-state index contributed by atoms with van der Waals surface area (Å²) in [5.74, 6) is -1.34. The molecule has 8 heteroatoms. The van der Waals surface area contributed by atoms with E-state index in [1.807, 2.05) is 0 Å². The highest BCUT2D eigenvalue weighted by Gasteiger charge is 2.10. The summed E-state index contributed by atoms with van der Waals surface area (Å²) in [4.78, 5) is 12.6. The molecule has 0 unspecified atom stereocenters. The second-order valence-corrected chi connectivity index (χ2v) is 6.89. The normalized spacial score (nSPS) is 11.1. The number of ketones is 1. The Labute approximate surface area is 182 Å². The van der Waals surface area contributed by atoms with Gasteiger partial charge >= 0.3 is 0 Å². The third-order valence-corrected chi connectivity index (χ3v) is 4.68. The van der Waals surface area contributed by atoms with E-state index < -0.39 is 11.6 Å². The van der Waals surface area contributed by atoms with Crippen LogP contribution in [0.3, 0.4) is 0 Å². The minimum atomic E-state index is -0.708. The summed E-state index contributed by atoms with van der Waals surface area (Å²) in [6.07, 6.45) is 4.55. The second kappa shape index (κ2) is 8.81. The molecule has 0 radical (unpaired) electrons. The molecule has 160 valence electrons. The number of halogens is 2. The average Bonchev–Trinajstić information content (AvgIpc) is 3.28. The van der Waals surface area contributed by atoms with E-state index in [9.17, 15) is 18.7 Å². The van der Waals surface area contributed by atoms with Crippen molar-refractivity contribution in [3.05, 3.63) is 95.7 Å². The fourth-order valence-electron chi connectivity index (χ4n) is 3.09. The van der Waals surface area contributed by atoms with Gasteiger partial charge in [0, 0.05) is 17.2 Å². The number of phenols is 1. The van der Waals surface area contributed by atoms with Gasteiger partial charge in [-0.1, -0.05) is 29.5 Å². The number of carbonyl (C=O) groups is 1. The van der Waals surface area contributed by atoms with Crippen molar-refractivity contribution in [3.63, 3.8) is 0 Å². The fraction of sp³-hybridized carbons (Fsp3) is 0.0417. The Hall–Kier alpha value is -4.33. The Morgan fingerprint density at radius 3 is 2.59 bits per heavy atom. The van der Waals surface area contributed by atoms with Gasteiger partial charge in [0.15, 0.2) is 17.3 Å². The maximum Gasteiger partial charge on any atom is 0.185 e. The van der Waals surface area contributed by atoms with Crippen molar-refractivity contribution in [1.29, 1.82) is 0 Å². The van der Waals surface area contributed by atoms with E-state index in [-0.39, 0.29) is 17.1 Å². The summed E-state index contributed by atoms with van der Waals surface area (Å²) >= 11 is 0. The zero-order valence-electron chi connectivity index (χ0n) is 16.9. The molecule has 0 aliphatic rings. The van der Waals surface area contributed by atoms with Gasteiger partial charge in [0.1, 0.15) is 17.3 Å². The maximum atomic E-state index is 13.5. The van der Waals surface area contributed by atoms with Crippen LogP contribution in [0.5, 0.6) is 11.5 Å². The lowest BCUT2D eigenvalue weighted by molar-refractivity contribution is 0.104. The Balaban J connectivity index is 1.56. The van der Waals surface area contributed by atoms with Crippen LogP contribution in [0, 0.1) is 11.6 Å². The Kier molecular flexibility index (Phi) is 5.76. The van der Waals surface area contributed by atoms with Crippen molar-refractivity contribution in [3.8, 4) is 28.4 Å². The molecular formula is C24H17F2N3O3. The summed E-state index contributed by atoms with van der Waals surface area (Å²) in [6.45, 7) is 0. The fourth-order valence-corrected chi connectivity index (χ4v) is 3.09. The number of nitrogens with zero attached hydrogens (tertiary/aromatic N) is 3. The largest absolute Gasteiger partial charge is 0.504 e. The lowest BCUT2D eigenvalue weighted by Gasteiger charge is -2.04. The van der Waals surface area contributed by atoms with Gasteiger partial charge in [-0.25, -0.2) is 13.5 Å². The van der Waals surface area contributed by atoms with Crippen molar-refractivity contribution < 1.29 is 23.4 Å². The van der Waals surface area contributed by atoms with Gasteiger partial charge in [0.2, 0.25) is 0 Å². The number of aromatic nitrogens is 3. The van der Waals surface area contributed by atoms with E-state index in [1.165, 1.54) is 42.3 Å². The number of carbonyl (C=O) groups excluding carboxylic acids is 1. The monoisotopic (exact) mass is 433 g/mol. The predicted octanol–water partition coefficient (Wildman–Crippen LogP) is 4.82. The highest BCUT2D eigenvalue weighted by molar-refractivity contribution is 6.07. The lowest BCUT2D eigenvalue weighted by Crippen LogP contribution is -1.99. The van der Waals surface area contributed by atoms with Crippen LogP contribution < -0.4 is 4.74 Å². The number of benzene rings is 3. The Morgan fingerprint density at radius 2 is 1.84 bits per heavy atom. The van der Waals surface area contributed by atoms with Gasteiger partial charge in [-0.05, 0) is 48.0 Å². The highest BCUT2D eigenvalue weighted by atomic mass is 19.1. The highest BCUT2D eigenvalue weighted by Crippen LogP contribution is 2.27. The third kappa shape index (κ3) is 4.54. The van der Waals surface area contributed by atoms with Crippen molar-refractivity contribution in [1.82, 2.24) is 15.0 Å². The van der Waals surface area contributed by atoms with Gasteiger partial charge in [-0.3, -0.25) is 4.79 Å². The molecular weight excluding hydrogens is 416 g/mol. The van der Waals surface area contributed by atoms with Crippen molar-refractivity contribution >= 4 is 11.9 Å². The van der Waals surface area contributed by atoms with Crippen molar-refractivity contribution in [2.45, 2.75) is 0 Å². The van der Waals surface area contributed by atoms with E-state index in [2.05, 4.69) is 10.3 Å². The number of allylic oxidation sites excluding steroid dienone is 1. The van der Waals surface area contributed by atoms with Crippen LogP contribution in [0.4, 0.5) is 8.78 Å². The smallest absolute Gasteiger partial charge is 0.185 e. The number of ether oxygens (including phenoxy) is 1.